The van der Waals surface area contributed by atoms with E-state index in [0.717, 1.165) is 43.2 Å². The number of benzene rings is 1. The first-order valence-electron chi connectivity index (χ1n) is 17.7. The lowest BCUT2D eigenvalue weighted by Crippen LogP contribution is -2.60. The van der Waals surface area contributed by atoms with Crippen LogP contribution in [-0.4, -0.2) is 70.4 Å². The predicted molar refractivity (Wildman–Crippen MR) is 180 cm³/mol. The van der Waals surface area contributed by atoms with Crippen molar-refractivity contribution in [3.63, 3.8) is 0 Å². The van der Waals surface area contributed by atoms with Gasteiger partial charge in [-0.3, -0.25) is 28.8 Å². The van der Waals surface area contributed by atoms with Crippen LogP contribution in [0.2, 0.25) is 0 Å². The molecule has 4 aliphatic rings. The topological polar surface area (TPSA) is 168 Å². The molecule has 262 valence electrons. The van der Waals surface area contributed by atoms with Gasteiger partial charge in [0.25, 0.3) is 5.91 Å². The van der Waals surface area contributed by atoms with Crippen molar-refractivity contribution >= 4 is 35.3 Å². The number of primary amides is 1. The minimum Gasteiger partial charge on any atom is -0.363 e. The summed E-state index contributed by atoms with van der Waals surface area (Å²) in [5.41, 5.74) is 6.38. The molecule has 5 rings (SSSR count). The molecule has 5 amide bonds. The maximum atomic E-state index is 14.7. The number of likely N-dealkylation sites (tertiary alicyclic amines) is 1. The number of hydrogen-bond acceptors (Lipinski definition) is 6. The third-order valence-electron chi connectivity index (χ3n) is 11.2. The van der Waals surface area contributed by atoms with Gasteiger partial charge in [-0.25, -0.2) is 0 Å². The molecular weight excluding hydrogens is 610 g/mol. The normalized spacial score (nSPS) is 27.2. The largest absolute Gasteiger partial charge is 0.363 e. The molecule has 2 saturated carbocycles. The average Bonchev–Trinajstić information content (AvgIpc) is 3.37. The smallest absolute Gasteiger partial charge is 0.287 e. The Bertz CT molecular complexity index is 1460. The Kier molecular flexibility index (Phi) is 10.1. The van der Waals surface area contributed by atoms with Crippen molar-refractivity contribution in [3.05, 3.63) is 35.4 Å². The van der Waals surface area contributed by atoms with Crippen molar-refractivity contribution in [1.82, 2.24) is 20.9 Å². The van der Waals surface area contributed by atoms with E-state index < -0.39 is 53.1 Å². The van der Waals surface area contributed by atoms with E-state index >= 15 is 0 Å². The summed E-state index contributed by atoms with van der Waals surface area (Å²) in [6, 6.07) is 4.85. The molecular formula is C37H53N5O6. The van der Waals surface area contributed by atoms with Crippen LogP contribution in [0.15, 0.2) is 24.3 Å². The molecule has 0 bridgehead atoms. The van der Waals surface area contributed by atoms with Crippen LogP contribution >= 0.6 is 0 Å². The van der Waals surface area contributed by atoms with Gasteiger partial charge in [0.05, 0.1) is 17.9 Å². The number of Topliss-reactive ketones (excluding diaryl/α,β-unsaturated/α-hetero) is 1. The molecule has 0 aromatic heterocycles. The van der Waals surface area contributed by atoms with Gasteiger partial charge in [-0.15, -0.1) is 0 Å². The van der Waals surface area contributed by atoms with Crippen LogP contribution < -0.4 is 21.7 Å². The molecule has 0 radical (unpaired) electrons. The van der Waals surface area contributed by atoms with Gasteiger partial charge in [-0.05, 0) is 80.8 Å². The lowest BCUT2D eigenvalue weighted by atomic mass is 9.82. The Morgan fingerprint density at radius 2 is 1.62 bits per heavy atom. The summed E-state index contributed by atoms with van der Waals surface area (Å²) in [5.74, 6) is -4.85. The second-order valence-corrected chi connectivity index (χ2v) is 16.1. The van der Waals surface area contributed by atoms with Crippen molar-refractivity contribution in [1.29, 1.82) is 0 Å². The molecule has 1 aromatic rings. The summed E-state index contributed by atoms with van der Waals surface area (Å²) in [6.07, 6.45) is 5.64. The summed E-state index contributed by atoms with van der Waals surface area (Å²) >= 11 is 0. The molecule has 7 atom stereocenters. The van der Waals surface area contributed by atoms with Gasteiger partial charge in [0, 0.05) is 12.1 Å². The van der Waals surface area contributed by atoms with Crippen LogP contribution in [0.5, 0.6) is 0 Å². The highest BCUT2D eigenvalue weighted by Crippen LogP contribution is 2.65. The standard InChI is InChI=1S/C37H53N5O6/c1-7-13-25(30(43)31(38)44)39-34(47)29-27-24(37(27,5)6)19-42(29)35(48)28(20-14-9-8-10-15-20)40-32(45)23-18-21-16-11-12-17-22(21)26(23)33(46)41-36(2,3)4/h11-12,16-17,20,23-29H,7-10,13-15,18-19H2,1-6H3,(H2,38,44)(H,39,47)(H,40,45)(H,41,46). The monoisotopic (exact) mass is 663 g/mol. The molecule has 1 saturated heterocycles. The summed E-state index contributed by atoms with van der Waals surface area (Å²) in [6.45, 7) is 12.1. The summed E-state index contributed by atoms with van der Waals surface area (Å²) in [4.78, 5) is 82.5. The minimum absolute atomic E-state index is 0.0891. The second-order valence-electron chi connectivity index (χ2n) is 16.1. The lowest BCUT2D eigenvalue weighted by molar-refractivity contribution is -0.146. The summed E-state index contributed by atoms with van der Waals surface area (Å²) in [5, 5.41) is 8.95. The predicted octanol–water partition coefficient (Wildman–Crippen LogP) is 2.74. The van der Waals surface area contributed by atoms with Gasteiger partial charge >= 0.3 is 0 Å². The fourth-order valence-corrected chi connectivity index (χ4v) is 8.70. The van der Waals surface area contributed by atoms with E-state index in [1.54, 1.807) is 4.90 Å². The van der Waals surface area contributed by atoms with Crippen molar-refractivity contribution < 1.29 is 28.8 Å². The number of amides is 5. The molecule has 5 N–H and O–H groups in total. The number of ketones is 1. The minimum atomic E-state index is -1.11. The SMILES string of the molecule is CCCC(NC(=O)C1C2C(CN1C(=O)C(NC(=O)C1Cc3ccccc3C1C(=O)NC(C)(C)C)C1CCCCC1)C2(C)C)C(=O)C(N)=O. The number of carbonyl (C=O) groups is 6. The highest BCUT2D eigenvalue weighted by Gasteiger charge is 2.69. The average molecular weight is 664 g/mol. The first-order valence-corrected chi connectivity index (χ1v) is 17.7. The van der Waals surface area contributed by atoms with Crippen LogP contribution in [-0.2, 0) is 35.2 Å². The van der Waals surface area contributed by atoms with Gasteiger partial charge in [0.15, 0.2) is 0 Å². The van der Waals surface area contributed by atoms with Crippen molar-refractivity contribution in [2.75, 3.05) is 6.54 Å². The lowest BCUT2D eigenvalue weighted by Gasteiger charge is -2.37. The number of nitrogens with one attached hydrogen (secondary N) is 3. The number of carbonyl (C=O) groups excluding carboxylic acids is 6. The molecule has 7 unspecified atom stereocenters. The fourth-order valence-electron chi connectivity index (χ4n) is 8.70. The van der Waals surface area contributed by atoms with Crippen molar-refractivity contribution in [2.24, 2.45) is 34.8 Å². The number of piperidine rings is 1. The van der Waals surface area contributed by atoms with E-state index in [1.807, 2.05) is 52.0 Å². The van der Waals surface area contributed by atoms with Crippen LogP contribution in [0, 0.1) is 29.1 Å². The molecule has 48 heavy (non-hydrogen) atoms. The van der Waals surface area contributed by atoms with E-state index in [4.69, 9.17) is 5.73 Å². The number of hydrogen-bond donors (Lipinski definition) is 4. The Hall–Kier alpha value is -3.76. The molecule has 3 fully saturated rings. The van der Waals surface area contributed by atoms with Gasteiger partial charge in [0.1, 0.15) is 12.1 Å². The van der Waals surface area contributed by atoms with E-state index in [2.05, 4.69) is 29.8 Å². The Morgan fingerprint density at radius 1 is 0.958 bits per heavy atom. The van der Waals surface area contributed by atoms with Gasteiger partial charge < -0.3 is 26.6 Å². The van der Waals surface area contributed by atoms with Crippen LogP contribution in [0.4, 0.5) is 0 Å². The van der Waals surface area contributed by atoms with Crippen LogP contribution in [0.25, 0.3) is 0 Å². The highest BCUT2D eigenvalue weighted by molar-refractivity contribution is 6.37. The molecule has 11 nitrogen and oxygen atoms in total. The van der Waals surface area contributed by atoms with Gasteiger partial charge in [-0.1, -0.05) is 70.7 Å². The third-order valence-corrected chi connectivity index (χ3v) is 11.2. The molecule has 11 heteroatoms. The Labute approximate surface area is 283 Å². The zero-order chi connectivity index (χ0) is 35.1. The number of fused-ring (bicyclic) bond motifs is 2. The number of rotatable bonds is 11. The molecule has 1 aromatic carbocycles. The summed E-state index contributed by atoms with van der Waals surface area (Å²) in [7, 11) is 0. The summed E-state index contributed by atoms with van der Waals surface area (Å²) < 4.78 is 0. The zero-order valence-electron chi connectivity index (χ0n) is 29.3. The van der Waals surface area contributed by atoms with Gasteiger partial charge in [0.2, 0.25) is 29.4 Å². The Morgan fingerprint density at radius 3 is 2.25 bits per heavy atom. The second kappa shape index (κ2) is 13.6. The van der Waals surface area contributed by atoms with E-state index in [-0.39, 0.29) is 47.3 Å². The van der Waals surface area contributed by atoms with Gasteiger partial charge in [-0.2, -0.15) is 0 Å². The van der Waals surface area contributed by atoms with Crippen molar-refractivity contribution in [3.8, 4) is 0 Å². The quantitative estimate of drug-likeness (QED) is 0.266. The Balaban J connectivity index is 1.42. The van der Waals surface area contributed by atoms with E-state index in [9.17, 15) is 28.8 Å². The van der Waals surface area contributed by atoms with E-state index in [1.165, 1.54) is 0 Å². The first kappa shape index (κ1) is 35.5. The maximum absolute atomic E-state index is 14.7. The first-order chi connectivity index (χ1) is 22.6. The molecule has 1 heterocycles. The third kappa shape index (κ3) is 7.01. The number of nitrogens with zero attached hydrogens (tertiary/aromatic N) is 1. The van der Waals surface area contributed by atoms with E-state index in [0.29, 0.717) is 19.4 Å². The molecule has 3 aliphatic carbocycles. The highest BCUT2D eigenvalue weighted by atomic mass is 16.2. The van der Waals surface area contributed by atoms with Crippen LogP contribution in [0.3, 0.4) is 0 Å². The molecule has 0 spiro atoms. The maximum Gasteiger partial charge on any atom is 0.287 e. The zero-order valence-corrected chi connectivity index (χ0v) is 29.3. The molecule has 1 aliphatic heterocycles. The fraction of sp³-hybridized carbons (Fsp3) is 0.676. The van der Waals surface area contributed by atoms with Crippen LogP contribution in [0.1, 0.15) is 104 Å². The van der Waals surface area contributed by atoms with Crippen molar-refractivity contribution in [2.45, 2.75) is 122 Å². The number of nitrogens with two attached hydrogens (primary N) is 1.